The van der Waals surface area contributed by atoms with E-state index in [0.29, 0.717) is 16.1 Å². The lowest BCUT2D eigenvalue weighted by Crippen LogP contribution is -2.14. The maximum atomic E-state index is 6.21. The molecule has 3 nitrogen and oxygen atoms in total. The average molecular weight is 284 g/mol. The minimum Gasteiger partial charge on any atom is -0.353 e. The number of hydrogen-bond acceptors (Lipinski definition) is 2. The number of rotatable bonds is 3. The van der Waals surface area contributed by atoms with Gasteiger partial charge in [0.1, 0.15) is 0 Å². The number of anilines is 1. The Balaban J connectivity index is 2.52. The highest BCUT2D eigenvalue weighted by Crippen LogP contribution is 2.27. The van der Waals surface area contributed by atoms with Crippen LogP contribution in [0.1, 0.15) is 19.5 Å². The highest BCUT2D eigenvalue weighted by atomic mass is 35.5. The number of aromatic nitrogens is 2. The summed E-state index contributed by atoms with van der Waals surface area (Å²) in [5.41, 5.74) is 1.75. The third kappa shape index (κ3) is 2.79. The van der Waals surface area contributed by atoms with Crippen molar-refractivity contribution in [2.24, 2.45) is 0 Å². The molecule has 0 aliphatic heterocycles. The lowest BCUT2D eigenvalue weighted by atomic mass is 10.3. The Morgan fingerprint density at radius 3 is 2.67 bits per heavy atom. The van der Waals surface area contributed by atoms with E-state index >= 15 is 0 Å². The number of nitrogens with one attached hydrogen (secondary N) is 1. The van der Waals surface area contributed by atoms with Gasteiger partial charge in [0.25, 0.3) is 0 Å². The van der Waals surface area contributed by atoms with Gasteiger partial charge in [0.2, 0.25) is 5.95 Å². The van der Waals surface area contributed by atoms with E-state index in [0.717, 1.165) is 17.3 Å². The summed E-state index contributed by atoms with van der Waals surface area (Å²) in [4.78, 5) is 4.45. The molecular weight excluding hydrogens is 269 g/mol. The average Bonchev–Trinajstić information content (AvgIpc) is 2.62. The van der Waals surface area contributed by atoms with Crippen molar-refractivity contribution in [3.05, 3.63) is 40.1 Å². The van der Waals surface area contributed by atoms with Gasteiger partial charge in [-0.25, -0.2) is 4.98 Å². The number of benzene rings is 1. The molecular formula is C13H15Cl2N3. The normalized spacial score (nSPS) is 11.0. The number of hydrogen-bond donors (Lipinski definition) is 1. The van der Waals surface area contributed by atoms with Crippen molar-refractivity contribution in [3.63, 3.8) is 0 Å². The first-order chi connectivity index (χ1) is 8.47. The van der Waals surface area contributed by atoms with Crippen molar-refractivity contribution in [3.8, 4) is 5.69 Å². The molecule has 0 spiro atoms. The number of aryl methyl sites for hydroxylation is 1. The van der Waals surface area contributed by atoms with Crippen molar-refractivity contribution in [1.29, 1.82) is 0 Å². The molecule has 0 amide bonds. The van der Waals surface area contributed by atoms with Gasteiger partial charge in [0.05, 0.1) is 16.4 Å². The molecule has 0 fully saturated rings. The van der Waals surface area contributed by atoms with Gasteiger partial charge in [-0.1, -0.05) is 23.2 Å². The molecule has 96 valence electrons. The standard InChI is InChI=1S/C13H15Cl2N3/c1-8(2)16-13-17-9(3)7-18(13)12-6-10(14)4-5-11(12)15/h4-8H,1-3H3,(H,16,17). The van der Waals surface area contributed by atoms with Crippen LogP contribution in [0.3, 0.4) is 0 Å². The fourth-order valence-electron chi connectivity index (χ4n) is 1.71. The molecule has 0 atom stereocenters. The van der Waals surface area contributed by atoms with Gasteiger partial charge in [-0.15, -0.1) is 0 Å². The number of halogens is 2. The SMILES string of the molecule is Cc1cn(-c2cc(Cl)ccc2Cl)c(NC(C)C)n1. The van der Waals surface area contributed by atoms with Crippen LogP contribution in [0.15, 0.2) is 24.4 Å². The maximum Gasteiger partial charge on any atom is 0.207 e. The molecule has 0 unspecified atom stereocenters. The van der Waals surface area contributed by atoms with Crippen LogP contribution in [0.5, 0.6) is 0 Å². The maximum absolute atomic E-state index is 6.21. The van der Waals surface area contributed by atoms with Crippen molar-refractivity contribution in [1.82, 2.24) is 9.55 Å². The van der Waals surface area contributed by atoms with Crippen LogP contribution in [0.25, 0.3) is 5.69 Å². The Kier molecular flexibility index (Phi) is 3.83. The van der Waals surface area contributed by atoms with Gasteiger partial charge in [-0.3, -0.25) is 4.57 Å². The van der Waals surface area contributed by atoms with Crippen LogP contribution in [-0.4, -0.2) is 15.6 Å². The van der Waals surface area contributed by atoms with Gasteiger partial charge in [-0.2, -0.15) is 0 Å². The number of imidazole rings is 1. The molecule has 1 N–H and O–H groups in total. The van der Waals surface area contributed by atoms with Crippen molar-refractivity contribution in [2.45, 2.75) is 26.8 Å². The monoisotopic (exact) mass is 283 g/mol. The summed E-state index contributed by atoms with van der Waals surface area (Å²) in [7, 11) is 0. The highest BCUT2D eigenvalue weighted by Gasteiger charge is 2.11. The zero-order chi connectivity index (χ0) is 13.3. The van der Waals surface area contributed by atoms with Crippen LogP contribution < -0.4 is 5.32 Å². The van der Waals surface area contributed by atoms with Gasteiger partial charge in [0.15, 0.2) is 0 Å². The van der Waals surface area contributed by atoms with E-state index in [2.05, 4.69) is 24.1 Å². The molecule has 18 heavy (non-hydrogen) atoms. The van der Waals surface area contributed by atoms with E-state index in [9.17, 15) is 0 Å². The Bertz CT molecular complexity index is 561. The van der Waals surface area contributed by atoms with Crippen molar-refractivity contribution < 1.29 is 0 Å². The molecule has 0 saturated heterocycles. The van der Waals surface area contributed by atoms with E-state index in [1.165, 1.54) is 0 Å². The Morgan fingerprint density at radius 1 is 1.28 bits per heavy atom. The van der Waals surface area contributed by atoms with E-state index in [1.807, 2.05) is 23.8 Å². The van der Waals surface area contributed by atoms with Gasteiger partial charge in [0, 0.05) is 17.3 Å². The third-order valence-corrected chi connectivity index (χ3v) is 2.97. The second-order valence-electron chi connectivity index (χ2n) is 4.47. The summed E-state index contributed by atoms with van der Waals surface area (Å²) >= 11 is 12.2. The first-order valence-corrected chi connectivity index (χ1v) is 6.51. The summed E-state index contributed by atoms with van der Waals surface area (Å²) in [6, 6.07) is 5.68. The van der Waals surface area contributed by atoms with Crippen LogP contribution in [0.4, 0.5) is 5.95 Å². The predicted molar refractivity (Wildman–Crippen MR) is 77.1 cm³/mol. The van der Waals surface area contributed by atoms with Crippen molar-refractivity contribution in [2.75, 3.05) is 5.32 Å². The fourth-order valence-corrected chi connectivity index (χ4v) is 2.09. The Labute approximate surface area is 117 Å². The molecule has 1 aromatic heterocycles. The summed E-state index contributed by atoms with van der Waals surface area (Å²) in [6.45, 7) is 6.07. The highest BCUT2D eigenvalue weighted by molar-refractivity contribution is 6.34. The molecule has 1 aromatic carbocycles. The van der Waals surface area contributed by atoms with E-state index < -0.39 is 0 Å². The molecule has 0 saturated carbocycles. The third-order valence-electron chi connectivity index (χ3n) is 2.41. The smallest absolute Gasteiger partial charge is 0.207 e. The largest absolute Gasteiger partial charge is 0.353 e. The van der Waals surface area contributed by atoms with E-state index in [1.54, 1.807) is 12.1 Å². The Hall–Kier alpha value is -1.19. The zero-order valence-corrected chi connectivity index (χ0v) is 12.0. The molecule has 0 bridgehead atoms. The molecule has 5 heteroatoms. The topological polar surface area (TPSA) is 29.9 Å². The zero-order valence-electron chi connectivity index (χ0n) is 10.5. The van der Waals surface area contributed by atoms with Crippen LogP contribution in [-0.2, 0) is 0 Å². The van der Waals surface area contributed by atoms with Gasteiger partial charge >= 0.3 is 0 Å². The van der Waals surface area contributed by atoms with Crippen molar-refractivity contribution >= 4 is 29.2 Å². The molecule has 2 rings (SSSR count). The second-order valence-corrected chi connectivity index (χ2v) is 5.31. The first-order valence-electron chi connectivity index (χ1n) is 5.75. The van der Waals surface area contributed by atoms with Gasteiger partial charge < -0.3 is 5.32 Å². The molecule has 2 aromatic rings. The van der Waals surface area contributed by atoms with Crippen LogP contribution in [0.2, 0.25) is 10.0 Å². The Morgan fingerprint density at radius 2 is 2.00 bits per heavy atom. The summed E-state index contributed by atoms with van der Waals surface area (Å²) in [5.74, 6) is 0.770. The molecule has 0 aliphatic carbocycles. The predicted octanol–water partition coefficient (Wildman–Crippen LogP) is 4.31. The lowest BCUT2D eigenvalue weighted by molar-refractivity contribution is 0.864. The summed E-state index contributed by atoms with van der Waals surface area (Å²) in [5, 5.41) is 4.58. The molecule has 0 radical (unpaired) electrons. The second kappa shape index (κ2) is 5.21. The van der Waals surface area contributed by atoms with Crippen LogP contribution in [0, 0.1) is 6.92 Å². The molecule has 1 heterocycles. The van der Waals surface area contributed by atoms with E-state index in [4.69, 9.17) is 23.2 Å². The quantitative estimate of drug-likeness (QED) is 0.910. The minimum atomic E-state index is 0.295. The van der Waals surface area contributed by atoms with Gasteiger partial charge in [-0.05, 0) is 39.0 Å². The minimum absolute atomic E-state index is 0.295. The van der Waals surface area contributed by atoms with E-state index in [-0.39, 0.29) is 0 Å². The lowest BCUT2D eigenvalue weighted by Gasteiger charge is -2.13. The summed E-state index contributed by atoms with van der Waals surface area (Å²) in [6.07, 6.45) is 1.93. The number of nitrogens with zero attached hydrogens (tertiary/aromatic N) is 2. The molecule has 0 aliphatic rings. The fraction of sp³-hybridized carbons (Fsp3) is 0.308. The van der Waals surface area contributed by atoms with Crippen LogP contribution >= 0.6 is 23.2 Å². The first kappa shape index (κ1) is 13.2. The summed E-state index contributed by atoms with van der Waals surface area (Å²) < 4.78 is 1.92.